The molecule has 0 unspecified atom stereocenters. The second-order valence-corrected chi connectivity index (χ2v) is 12.7. The van der Waals surface area contributed by atoms with Crippen molar-refractivity contribution in [3.05, 3.63) is 76.3 Å². The molecule has 2 amide bonds. The van der Waals surface area contributed by atoms with E-state index >= 15 is 0 Å². The summed E-state index contributed by atoms with van der Waals surface area (Å²) >= 11 is 6.03. The predicted molar refractivity (Wildman–Crippen MR) is 153 cm³/mol. The van der Waals surface area contributed by atoms with Crippen molar-refractivity contribution >= 4 is 38.3 Å². The third-order valence-electron chi connectivity index (χ3n) is 6.42. The summed E-state index contributed by atoms with van der Waals surface area (Å²) in [6, 6.07) is 15.0. The number of benzene rings is 2. The summed E-state index contributed by atoms with van der Waals surface area (Å²) in [7, 11) is -3.86. The van der Waals surface area contributed by atoms with E-state index < -0.39 is 39.0 Å². The van der Waals surface area contributed by atoms with Gasteiger partial charge in [0.15, 0.2) is 0 Å². The van der Waals surface area contributed by atoms with Crippen molar-refractivity contribution in [3.63, 3.8) is 0 Å². The van der Waals surface area contributed by atoms with Crippen LogP contribution in [0.4, 0.5) is 0 Å². The summed E-state index contributed by atoms with van der Waals surface area (Å²) in [5, 5.41) is 3.20. The van der Waals surface area contributed by atoms with E-state index in [1.165, 1.54) is 4.90 Å². The number of ether oxygens (including phenoxy) is 1. The lowest BCUT2D eigenvalue weighted by Crippen LogP contribution is -2.58. The van der Waals surface area contributed by atoms with Gasteiger partial charge in [0.25, 0.3) is 0 Å². The summed E-state index contributed by atoms with van der Waals surface area (Å²) in [5.41, 5.74) is 5.72. The number of hydrogen-bond donors (Lipinski definition) is 3. The van der Waals surface area contributed by atoms with Crippen LogP contribution in [0.3, 0.4) is 0 Å². The van der Waals surface area contributed by atoms with Crippen LogP contribution in [-0.4, -0.2) is 61.9 Å². The van der Waals surface area contributed by atoms with Crippen molar-refractivity contribution in [1.82, 2.24) is 14.9 Å². The third kappa shape index (κ3) is 7.67. The van der Waals surface area contributed by atoms with Gasteiger partial charge < -0.3 is 20.7 Å². The van der Waals surface area contributed by atoms with Gasteiger partial charge in [0, 0.05) is 18.1 Å². The van der Waals surface area contributed by atoms with Gasteiger partial charge in [-0.05, 0) is 63.5 Å². The monoisotopic (exact) mass is 576 g/mol. The van der Waals surface area contributed by atoms with Gasteiger partial charge >= 0.3 is 0 Å². The number of hydrogen-bond acceptors (Lipinski definition) is 6. The van der Waals surface area contributed by atoms with Crippen LogP contribution in [0.1, 0.15) is 45.7 Å². The molecule has 0 radical (unpaired) electrons. The highest BCUT2D eigenvalue weighted by atomic mass is 35.5. The highest BCUT2D eigenvalue weighted by Crippen LogP contribution is 2.38. The number of likely N-dealkylation sites (N-methyl/N-ethyl adjacent to an activating group) is 1. The maximum Gasteiger partial charge on any atom is 0.247 e. The number of carbonyl (C=O) groups excluding carboxylic acids is 2. The Balaban J connectivity index is 1.92. The van der Waals surface area contributed by atoms with Gasteiger partial charge in [-0.3, -0.25) is 9.59 Å². The van der Waals surface area contributed by atoms with Crippen molar-refractivity contribution in [2.75, 3.05) is 19.7 Å². The first-order valence-electron chi connectivity index (χ1n) is 12.7. The van der Waals surface area contributed by atoms with Crippen molar-refractivity contribution in [2.45, 2.75) is 58.3 Å². The Morgan fingerprint density at radius 1 is 1.13 bits per heavy atom. The van der Waals surface area contributed by atoms with Crippen molar-refractivity contribution in [2.24, 2.45) is 5.73 Å². The zero-order valence-corrected chi connectivity index (χ0v) is 24.5. The summed E-state index contributed by atoms with van der Waals surface area (Å²) in [6.45, 7) is 8.84. The summed E-state index contributed by atoms with van der Waals surface area (Å²) < 4.78 is 34.9. The van der Waals surface area contributed by atoms with Crippen LogP contribution >= 0.6 is 11.6 Å². The lowest BCUT2D eigenvalue weighted by Gasteiger charge is -2.32. The first-order chi connectivity index (χ1) is 18.2. The number of carbonyl (C=O) groups is 2. The lowest BCUT2D eigenvalue weighted by molar-refractivity contribution is -0.139. The Kier molecular flexibility index (Phi) is 9.61. The smallest absolute Gasteiger partial charge is 0.247 e. The van der Waals surface area contributed by atoms with Crippen LogP contribution in [-0.2, 0) is 31.0 Å². The molecule has 11 heteroatoms. The number of nitrogens with one attached hydrogen (secondary N) is 2. The van der Waals surface area contributed by atoms with Gasteiger partial charge in [-0.15, -0.1) is 0 Å². The molecule has 0 saturated carbocycles. The third-order valence-corrected chi connectivity index (χ3v) is 8.47. The molecule has 1 heterocycles. The number of halogens is 1. The molecule has 3 rings (SSSR count). The van der Waals surface area contributed by atoms with Gasteiger partial charge in [0.2, 0.25) is 21.8 Å². The molecule has 0 aromatic heterocycles. The fraction of sp³-hybridized carbons (Fsp3) is 0.429. The van der Waals surface area contributed by atoms with Gasteiger partial charge in [-0.25, -0.2) is 13.1 Å². The highest BCUT2D eigenvalue weighted by Gasteiger charge is 2.44. The van der Waals surface area contributed by atoms with Crippen LogP contribution in [0.2, 0.25) is 5.02 Å². The molecular weight excluding hydrogens is 540 g/mol. The first-order valence-corrected chi connectivity index (χ1v) is 14.6. The van der Waals surface area contributed by atoms with Crippen LogP contribution in [0.5, 0.6) is 0 Å². The molecule has 2 aromatic rings. The van der Waals surface area contributed by atoms with E-state index in [9.17, 15) is 18.0 Å². The summed E-state index contributed by atoms with van der Waals surface area (Å²) in [4.78, 5) is 28.2. The second-order valence-electron chi connectivity index (χ2n) is 10.6. The van der Waals surface area contributed by atoms with Gasteiger partial charge in [0.05, 0.1) is 29.2 Å². The Bertz CT molecular complexity index is 1320. The molecule has 212 valence electrons. The van der Waals surface area contributed by atoms with E-state index in [0.29, 0.717) is 16.2 Å². The van der Waals surface area contributed by atoms with E-state index in [1.807, 2.05) is 30.3 Å². The molecule has 1 aliphatic heterocycles. The van der Waals surface area contributed by atoms with Gasteiger partial charge in [-0.2, -0.15) is 0 Å². The number of nitrogens with two attached hydrogens (primary N) is 1. The molecule has 0 fully saturated rings. The normalized spacial score (nSPS) is 17.1. The number of nitrogens with zero attached hydrogens (tertiary/aromatic N) is 1. The van der Waals surface area contributed by atoms with Crippen molar-refractivity contribution < 1.29 is 22.7 Å². The predicted octanol–water partition coefficient (Wildman–Crippen LogP) is 3.05. The van der Waals surface area contributed by atoms with Crippen LogP contribution in [0.25, 0.3) is 4.91 Å². The Morgan fingerprint density at radius 3 is 2.31 bits per heavy atom. The molecule has 9 nitrogen and oxygen atoms in total. The zero-order valence-electron chi connectivity index (χ0n) is 23.0. The quantitative estimate of drug-likeness (QED) is 0.377. The molecule has 0 aliphatic carbocycles. The molecule has 39 heavy (non-hydrogen) atoms. The molecule has 0 spiro atoms. The zero-order chi connectivity index (χ0) is 29.0. The first kappa shape index (κ1) is 30.8. The SMILES string of the molecule is CCN(CC1=C(c2ccc(Cl)cc2)S(=O)(=O)NC1(C)C)C(=O)[C@@H](COCc1ccccc1)NC(=O)C(C)(C)N. The van der Waals surface area contributed by atoms with Crippen molar-refractivity contribution in [3.8, 4) is 0 Å². The van der Waals surface area contributed by atoms with Crippen LogP contribution < -0.4 is 15.8 Å². The molecule has 1 atom stereocenters. The minimum atomic E-state index is -3.86. The average molecular weight is 577 g/mol. The number of amides is 2. The highest BCUT2D eigenvalue weighted by molar-refractivity contribution is 7.99. The maximum absolute atomic E-state index is 13.8. The fourth-order valence-corrected chi connectivity index (χ4v) is 6.35. The molecule has 2 aromatic carbocycles. The molecule has 1 aliphatic rings. The van der Waals surface area contributed by atoms with E-state index in [1.54, 1.807) is 58.9 Å². The van der Waals surface area contributed by atoms with Gasteiger partial charge in [0.1, 0.15) is 6.04 Å². The Morgan fingerprint density at radius 2 is 1.74 bits per heavy atom. The molecule has 4 N–H and O–H groups in total. The van der Waals surface area contributed by atoms with E-state index in [-0.39, 0.29) is 31.2 Å². The van der Waals surface area contributed by atoms with E-state index in [4.69, 9.17) is 22.1 Å². The van der Waals surface area contributed by atoms with Crippen LogP contribution in [0, 0.1) is 0 Å². The largest absolute Gasteiger partial charge is 0.374 e. The molecular formula is C28H37ClN4O5S. The van der Waals surface area contributed by atoms with E-state index in [2.05, 4.69) is 10.0 Å². The van der Waals surface area contributed by atoms with Crippen LogP contribution in [0.15, 0.2) is 60.2 Å². The Labute approximate surface area is 235 Å². The maximum atomic E-state index is 13.8. The topological polar surface area (TPSA) is 131 Å². The number of rotatable bonds is 11. The van der Waals surface area contributed by atoms with Gasteiger partial charge in [-0.1, -0.05) is 54.1 Å². The summed E-state index contributed by atoms with van der Waals surface area (Å²) in [5.74, 6) is -0.919. The number of sulfonamides is 1. The average Bonchev–Trinajstić information content (AvgIpc) is 3.04. The molecule has 0 bridgehead atoms. The second kappa shape index (κ2) is 12.2. The van der Waals surface area contributed by atoms with E-state index in [0.717, 1.165) is 5.56 Å². The standard InChI is InChI=1S/C28H37ClN4O5S/c1-6-33(16-22-24(20-12-14-21(29)15-13-20)39(36,37)32-28(22,4)5)25(34)23(31-26(35)27(2,3)30)18-38-17-19-10-8-7-9-11-19/h7-15,23,32H,6,16-18,30H2,1-5H3,(H,31,35)/t23-/m1/s1. The Hall–Kier alpha value is -2.76. The minimum Gasteiger partial charge on any atom is -0.374 e. The fourth-order valence-electron chi connectivity index (χ4n) is 4.24. The van der Waals surface area contributed by atoms with Crippen molar-refractivity contribution in [1.29, 1.82) is 0 Å². The summed E-state index contributed by atoms with van der Waals surface area (Å²) in [6.07, 6.45) is 0. The minimum absolute atomic E-state index is 0.0175. The molecule has 0 saturated heterocycles. The lowest BCUT2D eigenvalue weighted by atomic mass is 9.92.